The van der Waals surface area contributed by atoms with Crippen molar-refractivity contribution < 1.29 is 18.3 Å². The normalized spacial score (nSPS) is 10.3. The lowest BCUT2D eigenvalue weighted by molar-refractivity contribution is 0.0892. The van der Waals surface area contributed by atoms with Crippen LogP contribution >= 0.6 is 0 Å². The van der Waals surface area contributed by atoms with E-state index in [2.05, 4.69) is 0 Å². The van der Waals surface area contributed by atoms with E-state index in [0.717, 1.165) is 12.1 Å². The van der Waals surface area contributed by atoms with E-state index in [-0.39, 0.29) is 24.4 Å². The van der Waals surface area contributed by atoms with Gasteiger partial charge in [-0.25, -0.2) is 8.78 Å². The number of halogens is 2. The minimum Gasteiger partial charge on any atom is -0.381 e. The van der Waals surface area contributed by atoms with Gasteiger partial charge in [-0.15, -0.1) is 0 Å². The molecule has 0 saturated carbocycles. The van der Waals surface area contributed by atoms with Gasteiger partial charge in [-0.05, 0) is 19.1 Å². The van der Waals surface area contributed by atoms with Crippen molar-refractivity contribution in [1.82, 2.24) is 0 Å². The van der Waals surface area contributed by atoms with Crippen LogP contribution in [0.25, 0.3) is 0 Å². The number of hydrogen-bond donors (Lipinski definition) is 0. The molecule has 4 heteroatoms. The zero-order valence-corrected chi connectivity index (χ0v) is 8.43. The van der Waals surface area contributed by atoms with Gasteiger partial charge in [0.2, 0.25) is 0 Å². The summed E-state index contributed by atoms with van der Waals surface area (Å²) >= 11 is 0. The van der Waals surface area contributed by atoms with Crippen molar-refractivity contribution in [3.05, 3.63) is 35.4 Å². The summed E-state index contributed by atoms with van der Waals surface area (Å²) in [7, 11) is 0. The average Bonchev–Trinajstić information content (AvgIpc) is 2.17. The summed E-state index contributed by atoms with van der Waals surface area (Å²) in [5, 5.41) is 0. The Kier molecular flexibility index (Phi) is 4.37. The summed E-state index contributed by atoms with van der Waals surface area (Å²) in [5.74, 6) is -1.88. The van der Waals surface area contributed by atoms with E-state index in [0.29, 0.717) is 12.7 Å². The van der Waals surface area contributed by atoms with Crippen LogP contribution in [-0.2, 0) is 4.74 Å². The molecule has 0 N–H and O–H groups in total. The number of carbonyl (C=O) groups excluding carboxylic acids is 1. The van der Waals surface area contributed by atoms with Gasteiger partial charge in [0.15, 0.2) is 5.78 Å². The smallest absolute Gasteiger partial charge is 0.168 e. The highest BCUT2D eigenvalue weighted by molar-refractivity contribution is 5.96. The number of hydrogen-bond acceptors (Lipinski definition) is 2. The van der Waals surface area contributed by atoms with Crippen molar-refractivity contribution >= 4 is 5.78 Å². The Morgan fingerprint density at radius 2 is 2.13 bits per heavy atom. The molecule has 1 rings (SSSR count). The first-order chi connectivity index (χ1) is 7.15. The van der Waals surface area contributed by atoms with E-state index in [4.69, 9.17) is 4.74 Å². The topological polar surface area (TPSA) is 26.3 Å². The maximum Gasteiger partial charge on any atom is 0.168 e. The van der Waals surface area contributed by atoms with Crippen molar-refractivity contribution in [3.63, 3.8) is 0 Å². The standard InChI is InChI=1S/C11H12F2O2/c1-2-15-6-5-11(14)9-4-3-8(12)7-10(9)13/h3-4,7H,2,5-6H2,1H3. The number of rotatable bonds is 5. The molecule has 15 heavy (non-hydrogen) atoms. The van der Waals surface area contributed by atoms with E-state index in [9.17, 15) is 13.6 Å². The number of ketones is 1. The summed E-state index contributed by atoms with van der Waals surface area (Å²) in [4.78, 5) is 11.4. The molecule has 0 heterocycles. The van der Waals surface area contributed by atoms with Crippen molar-refractivity contribution in [2.24, 2.45) is 0 Å². The minimum atomic E-state index is -0.823. The van der Waals surface area contributed by atoms with Gasteiger partial charge < -0.3 is 4.74 Å². The maximum atomic E-state index is 13.1. The van der Waals surface area contributed by atoms with Crippen LogP contribution in [-0.4, -0.2) is 19.0 Å². The quantitative estimate of drug-likeness (QED) is 0.556. The number of benzene rings is 1. The Hall–Kier alpha value is -1.29. The summed E-state index contributed by atoms with van der Waals surface area (Å²) in [6.07, 6.45) is 0.108. The van der Waals surface area contributed by atoms with Crippen molar-refractivity contribution in [1.29, 1.82) is 0 Å². The van der Waals surface area contributed by atoms with Crippen LogP contribution in [0.15, 0.2) is 18.2 Å². The molecule has 0 atom stereocenters. The van der Waals surface area contributed by atoms with E-state index >= 15 is 0 Å². The molecular formula is C11H12F2O2. The van der Waals surface area contributed by atoms with Gasteiger partial charge in [-0.2, -0.15) is 0 Å². The van der Waals surface area contributed by atoms with E-state index in [1.54, 1.807) is 0 Å². The summed E-state index contributed by atoms with van der Waals surface area (Å²) in [5.41, 5.74) is -0.0869. The third-order valence-corrected chi connectivity index (χ3v) is 1.91. The van der Waals surface area contributed by atoms with E-state index < -0.39 is 11.6 Å². The molecule has 0 aliphatic rings. The van der Waals surface area contributed by atoms with Gasteiger partial charge in [0.1, 0.15) is 11.6 Å². The molecule has 0 aliphatic heterocycles. The molecule has 0 aromatic heterocycles. The van der Waals surface area contributed by atoms with Crippen LogP contribution in [0.4, 0.5) is 8.78 Å². The largest absolute Gasteiger partial charge is 0.381 e. The first-order valence-electron chi connectivity index (χ1n) is 4.71. The van der Waals surface area contributed by atoms with Crippen molar-refractivity contribution in [2.75, 3.05) is 13.2 Å². The Bertz CT molecular complexity index is 350. The molecule has 0 saturated heterocycles. The third-order valence-electron chi connectivity index (χ3n) is 1.91. The molecule has 0 unspecified atom stereocenters. The van der Waals surface area contributed by atoms with Gasteiger partial charge >= 0.3 is 0 Å². The van der Waals surface area contributed by atoms with Crippen LogP contribution in [0.1, 0.15) is 23.7 Å². The second kappa shape index (κ2) is 5.56. The molecular weight excluding hydrogens is 202 g/mol. The predicted molar refractivity (Wildman–Crippen MR) is 51.8 cm³/mol. The lowest BCUT2D eigenvalue weighted by Crippen LogP contribution is -2.07. The van der Waals surface area contributed by atoms with Crippen LogP contribution in [0, 0.1) is 11.6 Å². The van der Waals surface area contributed by atoms with Crippen molar-refractivity contribution in [3.8, 4) is 0 Å². The predicted octanol–water partition coefficient (Wildman–Crippen LogP) is 2.57. The Morgan fingerprint density at radius 1 is 1.40 bits per heavy atom. The molecule has 0 aliphatic carbocycles. The van der Waals surface area contributed by atoms with E-state index in [1.165, 1.54) is 0 Å². The number of carbonyl (C=O) groups is 1. The fourth-order valence-corrected chi connectivity index (χ4v) is 1.16. The Balaban J connectivity index is 2.65. The first kappa shape index (κ1) is 11.8. The maximum absolute atomic E-state index is 13.1. The third kappa shape index (κ3) is 3.40. The highest BCUT2D eigenvalue weighted by Crippen LogP contribution is 2.11. The van der Waals surface area contributed by atoms with Gasteiger partial charge in [0, 0.05) is 19.1 Å². The number of Topliss-reactive ketones (excluding diaryl/α,β-unsaturated/α-hetero) is 1. The molecule has 1 aromatic carbocycles. The molecule has 0 radical (unpaired) electrons. The molecule has 0 bridgehead atoms. The van der Waals surface area contributed by atoms with Crippen LogP contribution in [0.5, 0.6) is 0 Å². The first-order valence-corrected chi connectivity index (χ1v) is 4.71. The molecule has 0 fully saturated rings. The second-order valence-electron chi connectivity index (χ2n) is 2.99. The summed E-state index contributed by atoms with van der Waals surface area (Å²) in [6.45, 7) is 2.58. The monoisotopic (exact) mass is 214 g/mol. The second-order valence-corrected chi connectivity index (χ2v) is 2.99. The van der Waals surface area contributed by atoms with Crippen molar-refractivity contribution in [2.45, 2.75) is 13.3 Å². The molecule has 2 nitrogen and oxygen atoms in total. The lowest BCUT2D eigenvalue weighted by atomic mass is 10.1. The Morgan fingerprint density at radius 3 is 2.73 bits per heavy atom. The van der Waals surface area contributed by atoms with Crippen LogP contribution < -0.4 is 0 Å². The fourth-order valence-electron chi connectivity index (χ4n) is 1.16. The fraction of sp³-hybridized carbons (Fsp3) is 0.364. The lowest BCUT2D eigenvalue weighted by Gasteiger charge is -2.02. The van der Waals surface area contributed by atoms with Crippen LogP contribution in [0.3, 0.4) is 0 Å². The SMILES string of the molecule is CCOCCC(=O)c1ccc(F)cc1F. The molecule has 82 valence electrons. The molecule has 0 amide bonds. The molecule has 0 spiro atoms. The zero-order chi connectivity index (χ0) is 11.3. The minimum absolute atomic E-state index is 0.0869. The average molecular weight is 214 g/mol. The highest BCUT2D eigenvalue weighted by atomic mass is 19.1. The van der Waals surface area contributed by atoms with Gasteiger partial charge in [0.25, 0.3) is 0 Å². The van der Waals surface area contributed by atoms with Gasteiger partial charge in [-0.3, -0.25) is 4.79 Å². The zero-order valence-electron chi connectivity index (χ0n) is 8.43. The van der Waals surface area contributed by atoms with Crippen LogP contribution in [0.2, 0.25) is 0 Å². The van der Waals surface area contributed by atoms with Gasteiger partial charge in [-0.1, -0.05) is 0 Å². The summed E-state index contributed by atoms with van der Waals surface area (Å²) in [6, 6.07) is 2.92. The number of ether oxygens (including phenoxy) is 1. The van der Waals surface area contributed by atoms with Gasteiger partial charge in [0.05, 0.1) is 12.2 Å². The molecule has 1 aromatic rings. The highest BCUT2D eigenvalue weighted by Gasteiger charge is 2.11. The summed E-state index contributed by atoms with van der Waals surface area (Å²) < 4.78 is 30.6. The Labute approximate surface area is 86.9 Å². The van der Waals surface area contributed by atoms with E-state index in [1.807, 2.05) is 6.92 Å².